The lowest BCUT2D eigenvalue weighted by Gasteiger charge is -2.23. The van der Waals surface area contributed by atoms with Gasteiger partial charge in [0.05, 0.1) is 13.0 Å². The molecule has 2 rings (SSSR count). The Balaban J connectivity index is 2.17. The Labute approximate surface area is 82.6 Å². The van der Waals surface area contributed by atoms with Crippen LogP contribution in [0.3, 0.4) is 0 Å². The number of carbonyl (C=O) groups is 1. The fourth-order valence-electron chi connectivity index (χ4n) is 1.65. The molecule has 1 aliphatic rings. The first-order valence-corrected chi connectivity index (χ1v) is 4.60. The Kier molecular flexibility index (Phi) is 2.39. The zero-order valence-electron chi connectivity index (χ0n) is 8.03. The molecule has 0 amide bonds. The minimum atomic E-state index is -0.195. The van der Waals surface area contributed by atoms with Crippen molar-refractivity contribution in [2.75, 3.05) is 13.7 Å². The third-order valence-electron chi connectivity index (χ3n) is 2.41. The second kappa shape index (κ2) is 3.70. The van der Waals surface area contributed by atoms with E-state index in [1.807, 2.05) is 24.3 Å². The molecule has 1 aromatic carbocycles. The average molecular weight is 192 g/mol. The molecule has 0 radical (unpaired) electrons. The van der Waals surface area contributed by atoms with Crippen molar-refractivity contribution in [3.63, 3.8) is 0 Å². The number of hydrogen-bond acceptors (Lipinski definition) is 3. The Bertz CT molecular complexity index is 346. The molecule has 0 aromatic heterocycles. The van der Waals surface area contributed by atoms with Crippen LogP contribution < -0.4 is 4.74 Å². The van der Waals surface area contributed by atoms with E-state index in [4.69, 9.17) is 4.74 Å². The van der Waals surface area contributed by atoms with E-state index in [0.717, 1.165) is 11.3 Å². The maximum Gasteiger partial charge on any atom is 0.312 e. The normalized spacial score (nSPS) is 19.4. The van der Waals surface area contributed by atoms with Crippen molar-refractivity contribution in [2.24, 2.45) is 5.92 Å². The highest BCUT2D eigenvalue weighted by Gasteiger charge is 2.26. The molecule has 1 heterocycles. The Morgan fingerprint density at radius 2 is 2.29 bits per heavy atom. The number of rotatable bonds is 1. The lowest BCUT2D eigenvalue weighted by atomic mass is 9.97. The summed E-state index contributed by atoms with van der Waals surface area (Å²) in [5, 5.41) is 0. The van der Waals surface area contributed by atoms with Gasteiger partial charge in [0.1, 0.15) is 12.4 Å². The molecule has 0 aliphatic carbocycles. The third-order valence-corrected chi connectivity index (χ3v) is 2.41. The van der Waals surface area contributed by atoms with Gasteiger partial charge in [0.2, 0.25) is 0 Å². The van der Waals surface area contributed by atoms with Gasteiger partial charge >= 0.3 is 5.97 Å². The van der Waals surface area contributed by atoms with Crippen LogP contribution in [0.1, 0.15) is 5.56 Å². The second-order valence-electron chi connectivity index (χ2n) is 3.34. The zero-order chi connectivity index (χ0) is 9.97. The van der Waals surface area contributed by atoms with Gasteiger partial charge in [-0.15, -0.1) is 0 Å². The first-order chi connectivity index (χ1) is 6.81. The predicted octanol–water partition coefficient (Wildman–Crippen LogP) is 1.41. The molecule has 0 bridgehead atoms. The van der Waals surface area contributed by atoms with E-state index in [1.54, 1.807) is 0 Å². The van der Waals surface area contributed by atoms with Crippen LogP contribution in [0.5, 0.6) is 5.75 Å². The number of hydrogen-bond donors (Lipinski definition) is 0. The molecule has 0 saturated heterocycles. The first kappa shape index (κ1) is 9.06. The summed E-state index contributed by atoms with van der Waals surface area (Å²) in [6.07, 6.45) is 0.711. The van der Waals surface area contributed by atoms with Crippen LogP contribution in [0.15, 0.2) is 24.3 Å². The van der Waals surface area contributed by atoms with Gasteiger partial charge < -0.3 is 9.47 Å². The SMILES string of the molecule is COC(=O)[C@@H]1COc2ccccc2C1. The van der Waals surface area contributed by atoms with E-state index in [-0.39, 0.29) is 11.9 Å². The smallest absolute Gasteiger partial charge is 0.312 e. The van der Waals surface area contributed by atoms with E-state index >= 15 is 0 Å². The fourth-order valence-corrected chi connectivity index (χ4v) is 1.65. The van der Waals surface area contributed by atoms with Crippen LogP contribution in [0, 0.1) is 5.92 Å². The van der Waals surface area contributed by atoms with E-state index in [0.29, 0.717) is 13.0 Å². The third kappa shape index (κ3) is 1.58. The van der Waals surface area contributed by atoms with Gasteiger partial charge in [-0.1, -0.05) is 18.2 Å². The quantitative estimate of drug-likeness (QED) is 0.631. The number of benzene rings is 1. The number of esters is 1. The summed E-state index contributed by atoms with van der Waals surface area (Å²) < 4.78 is 10.1. The van der Waals surface area contributed by atoms with Crippen LogP contribution in [0.4, 0.5) is 0 Å². The largest absolute Gasteiger partial charge is 0.492 e. The fraction of sp³-hybridized carbons (Fsp3) is 0.364. The van der Waals surface area contributed by atoms with Gasteiger partial charge in [-0.25, -0.2) is 0 Å². The summed E-state index contributed by atoms with van der Waals surface area (Å²) in [6.45, 7) is 0.420. The number of methoxy groups -OCH3 is 1. The molecule has 0 N–H and O–H groups in total. The van der Waals surface area contributed by atoms with Gasteiger partial charge in [-0.2, -0.15) is 0 Å². The molecular weight excluding hydrogens is 180 g/mol. The van der Waals surface area contributed by atoms with Crippen molar-refractivity contribution < 1.29 is 14.3 Å². The summed E-state index contributed by atoms with van der Waals surface area (Å²) in [6, 6.07) is 7.77. The number of ether oxygens (including phenoxy) is 2. The molecule has 0 spiro atoms. The average Bonchev–Trinajstić information content (AvgIpc) is 2.27. The lowest BCUT2D eigenvalue weighted by Crippen LogP contribution is -2.28. The van der Waals surface area contributed by atoms with Crippen molar-refractivity contribution in [1.82, 2.24) is 0 Å². The van der Waals surface area contributed by atoms with Crippen molar-refractivity contribution in [3.8, 4) is 5.75 Å². The van der Waals surface area contributed by atoms with Crippen LogP contribution in [0.2, 0.25) is 0 Å². The maximum absolute atomic E-state index is 11.3. The summed E-state index contributed by atoms with van der Waals surface area (Å²) >= 11 is 0. The molecular formula is C11H12O3. The highest BCUT2D eigenvalue weighted by Crippen LogP contribution is 2.27. The molecule has 1 aliphatic heterocycles. The van der Waals surface area contributed by atoms with Gasteiger partial charge in [0.25, 0.3) is 0 Å². The van der Waals surface area contributed by atoms with Crippen LogP contribution in [-0.4, -0.2) is 19.7 Å². The molecule has 1 atom stereocenters. The Hall–Kier alpha value is -1.51. The van der Waals surface area contributed by atoms with Gasteiger partial charge in [-0.05, 0) is 18.1 Å². The van der Waals surface area contributed by atoms with Gasteiger partial charge in [0.15, 0.2) is 0 Å². The van der Waals surface area contributed by atoms with Crippen LogP contribution >= 0.6 is 0 Å². The maximum atomic E-state index is 11.3. The minimum absolute atomic E-state index is 0.158. The molecule has 1 aromatic rings. The van der Waals surface area contributed by atoms with E-state index in [1.165, 1.54) is 7.11 Å². The van der Waals surface area contributed by atoms with Crippen molar-refractivity contribution in [2.45, 2.75) is 6.42 Å². The summed E-state index contributed by atoms with van der Waals surface area (Å²) in [5.41, 5.74) is 1.08. The van der Waals surface area contributed by atoms with Crippen molar-refractivity contribution >= 4 is 5.97 Å². The Morgan fingerprint density at radius 3 is 3.07 bits per heavy atom. The summed E-state index contributed by atoms with van der Waals surface area (Å²) in [7, 11) is 1.41. The van der Waals surface area contributed by atoms with Gasteiger partial charge in [-0.3, -0.25) is 4.79 Å². The lowest BCUT2D eigenvalue weighted by molar-refractivity contribution is -0.146. The molecule has 0 saturated carbocycles. The highest BCUT2D eigenvalue weighted by atomic mass is 16.5. The van der Waals surface area contributed by atoms with Crippen molar-refractivity contribution in [1.29, 1.82) is 0 Å². The standard InChI is InChI=1S/C11H12O3/c1-13-11(12)9-6-8-4-2-3-5-10(8)14-7-9/h2-5,9H,6-7H2,1H3/t9-/m0/s1. The molecule has 14 heavy (non-hydrogen) atoms. The number of carbonyl (C=O) groups excluding carboxylic acids is 1. The summed E-state index contributed by atoms with van der Waals surface area (Å²) in [4.78, 5) is 11.3. The monoisotopic (exact) mass is 192 g/mol. The van der Waals surface area contributed by atoms with E-state index in [9.17, 15) is 4.79 Å². The van der Waals surface area contributed by atoms with Gasteiger partial charge in [0, 0.05) is 0 Å². The molecule has 0 unspecified atom stereocenters. The van der Waals surface area contributed by atoms with E-state index < -0.39 is 0 Å². The Morgan fingerprint density at radius 1 is 1.50 bits per heavy atom. The van der Waals surface area contributed by atoms with Crippen LogP contribution in [0.25, 0.3) is 0 Å². The van der Waals surface area contributed by atoms with Crippen LogP contribution in [-0.2, 0) is 16.0 Å². The summed E-state index contributed by atoms with van der Waals surface area (Å²) in [5.74, 6) is 0.530. The second-order valence-corrected chi connectivity index (χ2v) is 3.34. The van der Waals surface area contributed by atoms with Crippen molar-refractivity contribution in [3.05, 3.63) is 29.8 Å². The zero-order valence-corrected chi connectivity index (χ0v) is 8.03. The topological polar surface area (TPSA) is 35.5 Å². The number of fused-ring (bicyclic) bond motifs is 1. The first-order valence-electron chi connectivity index (χ1n) is 4.60. The van der Waals surface area contributed by atoms with E-state index in [2.05, 4.69) is 4.74 Å². The predicted molar refractivity (Wildman–Crippen MR) is 51.1 cm³/mol. The molecule has 0 fully saturated rings. The molecule has 74 valence electrons. The minimum Gasteiger partial charge on any atom is -0.492 e. The molecule has 3 heteroatoms. The number of para-hydroxylation sites is 1. The molecule has 3 nitrogen and oxygen atoms in total. The highest BCUT2D eigenvalue weighted by molar-refractivity contribution is 5.73.